The number of pyridine rings is 1. The van der Waals surface area contributed by atoms with Crippen LogP contribution in [-0.2, 0) is 4.74 Å². The molecule has 0 aliphatic heterocycles. The van der Waals surface area contributed by atoms with Gasteiger partial charge >= 0.3 is 5.97 Å². The van der Waals surface area contributed by atoms with Gasteiger partial charge in [0.05, 0.1) is 21.7 Å². The summed E-state index contributed by atoms with van der Waals surface area (Å²) in [5.74, 6) is -1.14. The van der Waals surface area contributed by atoms with Gasteiger partial charge in [-0.1, -0.05) is 41.9 Å². The molecule has 7 nitrogen and oxygen atoms in total. The zero-order valence-electron chi connectivity index (χ0n) is 16.5. The van der Waals surface area contributed by atoms with Gasteiger partial charge in [-0.3, -0.25) is 14.9 Å². The summed E-state index contributed by atoms with van der Waals surface area (Å²) in [5, 5.41) is 11.9. The average Bonchev–Trinajstić information content (AvgIpc) is 2.82. The number of Topliss-reactive ketones (excluding diaryl/α,β-unsaturated/α-hetero) is 1. The van der Waals surface area contributed by atoms with E-state index < -0.39 is 23.3 Å². The summed E-state index contributed by atoms with van der Waals surface area (Å²) < 4.78 is 5.27. The molecule has 0 radical (unpaired) electrons. The number of nitro benzene ring substituents is 1. The lowest BCUT2D eigenvalue weighted by Gasteiger charge is -2.10. The highest BCUT2D eigenvalue weighted by Gasteiger charge is 2.17. The van der Waals surface area contributed by atoms with Crippen LogP contribution in [0, 0.1) is 10.1 Å². The quantitative estimate of drug-likeness (QED) is 0.168. The Labute approximate surface area is 187 Å². The van der Waals surface area contributed by atoms with Crippen molar-refractivity contribution < 1.29 is 19.2 Å². The van der Waals surface area contributed by atoms with Crippen LogP contribution in [-0.4, -0.2) is 28.3 Å². The van der Waals surface area contributed by atoms with E-state index in [9.17, 15) is 19.7 Å². The van der Waals surface area contributed by atoms with Crippen molar-refractivity contribution >= 4 is 39.9 Å². The Morgan fingerprint density at radius 3 is 2.34 bits per heavy atom. The number of hydrogen-bond acceptors (Lipinski definition) is 6. The molecule has 0 fully saturated rings. The van der Waals surface area contributed by atoms with Crippen molar-refractivity contribution in [3.63, 3.8) is 0 Å². The number of para-hydroxylation sites is 1. The molecule has 4 aromatic rings. The van der Waals surface area contributed by atoms with E-state index in [1.807, 2.05) is 6.07 Å². The molecule has 0 aliphatic carbocycles. The molecule has 0 aliphatic rings. The summed E-state index contributed by atoms with van der Waals surface area (Å²) in [6.07, 6.45) is 0. The first-order chi connectivity index (χ1) is 15.4. The minimum atomic E-state index is -0.672. The highest BCUT2D eigenvalue weighted by atomic mass is 35.5. The van der Waals surface area contributed by atoms with Crippen LogP contribution in [0.5, 0.6) is 0 Å². The Kier molecular flexibility index (Phi) is 5.91. The van der Waals surface area contributed by atoms with Gasteiger partial charge in [0.2, 0.25) is 0 Å². The van der Waals surface area contributed by atoms with Gasteiger partial charge in [-0.25, -0.2) is 9.78 Å². The summed E-state index contributed by atoms with van der Waals surface area (Å²) in [6, 6.07) is 20.9. The number of aromatic nitrogens is 1. The number of ketones is 1. The fraction of sp³-hybridized carbons (Fsp3) is 0.0417. The molecular weight excluding hydrogens is 432 g/mol. The minimum absolute atomic E-state index is 0.128. The van der Waals surface area contributed by atoms with E-state index in [0.29, 0.717) is 21.6 Å². The van der Waals surface area contributed by atoms with Crippen molar-refractivity contribution in [3.05, 3.63) is 105 Å². The van der Waals surface area contributed by atoms with Gasteiger partial charge in [0.15, 0.2) is 12.4 Å². The second-order valence-corrected chi connectivity index (χ2v) is 7.32. The first kappa shape index (κ1) is 21.1. The van der Waals surface area contributed by atoms with Crippen LogP contribution in [0.2, 0.25) is 5.02 Å². The van der Waals surface area contributed by atoms with Crippen LogP contribution in [0.3, 0.4) is 0 Å². The molecule has 0 amide bonds. The molecule has 0 spiro atoms. The van der Waals surface area contributed by atoms with Gasteiger partial charge in [0.25, 0.3) is 5.69 Å². The largest absolute Gasteiger partial charge is 0.454 e. The number of halogens is 1. The van der Waals surface area contributed by atoms with Gasteiger partial charge in [0, 0.05) is 33.7 Å². The lowest BCUT2D eigenvalue weighted by atomic mass is 10.0. The van der Waals surface area contributed by atoms with E-state index in [-0.39, 0.29) is 16.8 Å². The van der Waals surface area contributed by atoms with Crippen LogP contribution in [0.25, 0.3) is 22.2 Å². The lowest BCUT2D eigenvalue weighted by Crippen LogP contribution is -2.15. The van der Waals surface area contributed by atoms with Crippen molar-refractivity contribution in [3.8, 4) is 11.3 Å². The molecule has 32 heavy (non-hydrogen) atoms. The van der Waals surface area contributed by atoms with Crippen LogP contribution in [0.1, 0.15) is 20.7 Å². The molecule has 1 aromatic heterocycles. The molecule has 0 bridgehead atoms. The summed E-state index contributed by atoms with van der Waals surface area (Å²) in [5.41, 5.74) is 2.30. The van der Waals surface area contributed by atoms with Crippen LogP contribution >= 0.6 is 11.6 Å². The van der Waals surface area contributed by atoms with Crippen molar-refractivity contribution in [2.75, 3.05) is 6.61 Å². The van der Waals surface area contributed by atoms with Crippen LogP contribution in [0.4, 0.5) is 5.69 Å². The Balaban J connectivity index is 1.59. The zero-order valence-corrected chi connectivity index (χ0v) is 17.3. The van der Waals surface area contributed by atoms with Crippen molar-refractivity contribution in [1.82, 2.24) is 4.98 Å². The van der Waals surface area contributed by atoms with E-state index in [1.165, 1.54) is 24.3 Å². The number of ether oxygens (including phenoxy) is 1. The third-order valence-electron chi connectivity index (χ3n) is 4.81. The highest BCUT2D eigenvalue weighted by molar-refractivity contribution is 6.30. The minimum Gasteiger partial charge on any atom is -0.454 e. The van der Waals surface area contributed by atoms with Gasteiger partial charge < -0.3 is 4.74 Å². The zero-order chi connectivity index (χ0) is 22.7. The number of fused-ring (bicyclic) bond motifs is 1. The number of non-ortho nitro benzene ring substituents is 1. The number of benzene rings is 3. The lowest BCUT2D eigenvalue weighted by molar-refractivity contribution is -0.384. The molecule has 158 valence electrons. The average molecular weight is 447 g/mol. The number of carbonyl (C=O) groups is 2. The standard InChI is InChI=1S/C24H15ClN2O5/c25-17-9-5-15(6-10-17)22-13-20(19-3-1-2-4-21(19)26-22)24(29)32-14-23(28)16-7-11-18(12-8-16)27(30)31/h1-13H,14H2. The molecule has 1 heterocycles. The Morgan fingerprint density at radius 1 is 0.969 bits per heavy atom. The van der Waals surface area contributed by atoms with E-state index >= 15 is 0 Å². The first-order valence-corrected chi connectivity index (χ1v) is 9.90. The normalized spacial score (nSPS) is 10.7. The summed E-state index contributed by atoms with van der Waals surface area (Å²) >= 11 is 5.96. The molecule has 0 unspecified atom stereocenters. The predicted octanol–water partition coefficient (Wildman–Crippen LogP) is 5.50. The highest BCUT2D eigenvalue weighted by Crippen LogP contribution is 2.26. The monoisotopic (exact) mass is 446 g/mol. The maximum absolute atomic E-state index is 12.9. The number of carbonyl (C=O) groups excluding carboxylic acids is 2. The predicted molar refractivity (Wildman–Crippen MR) is 120 cm³/mol. The van der Waals surface area contributed by atoms with Crippen molar-refractivity contribution in [1.29, 1.82) is 0 Å². The smallest absolute Gasteiger partial charge is 0.339 e. The van der Waals surface area contributed by atoms with E-state index in [4.69, 9.17) is 16.3 Å². The Bertz CT molecular complexity index is 1340. The van der Waals surface area contributed by atoms with Gasteiger partial charge in [-0.05, 0) is 36.4 Å². The first-order valence-electron chi connectivity index (χ1n) is 9.53. The number of esters is 1. The van der Waals surface area contributed by atoms with Crippen molar-refractivity contribution in [2.24, 2.45) is 0 Å². The fourth-order valence-electron chi connectivity index (χ4n) is 3.17. The fourth-order valence-corrected chi connectivity index (χ4v) is 3.30. The topological polar surface area (TPSA) is 99.4 Å². The van der Waals surface area contributed by atoms with Gasteiger partial charge in [0.1, 0.15) is 0 Å². The third kappa shape index (κ3) is 4.48. The third-order valence-corrected chi connectivity index (χ3v) is 5.06. The summed E-state index contributed by atoms with van der Waals surface area (Å²) in [4.78, 5) is 40.0. The molecule has 0 saturated heterocycles. The molecule has 8 heteroatoms. The van der Waals surface area contributed by atoms with Crippen LogP contribution < -0.4 is 0 Å². The van der Waals surface area contributed by atoms with Crippen molar-refractivity contribution in [2.45, 2.75) is 0 Å². The maximum Gasteiger partial charge on any atom is 0.339 e. The van der Waals surface area contributed by atoms with E-state index in [1.54, 1.807) is 48.5 Å². The Morgan fingerprint density at radius 2 is 1.66 bits per heavy atom. The SMILES string of the molecule is O=C(COC(=O)c1cc(-c2ccc(Cl)cc2)nc2ccccc12)c1ccc([N+](=O)[O-])cc1. The Hall–Kier alpha value is -4.10. The van der Waals surface area contributed by atoms with Gasteiger partial charge in [-0.2, -0.15) is 0 Å². The molecular formula is C24H15ClN2O5. The van der Waals surface area contributed by atoms with Gasteiger partial charge in [-0.15, -0.1) is 0 Å². The molecule has 4 rings (SSSR count). The second kappa shape index (κ2) is 8.95. The molecule has 3 aromatic carbocycles. The summed E-state index contributed by atoms with van der Waals surface area (Å²) in [6.45, 7) is -0.496. The maximum atomic E-state index is 12.9. The number of rotatable bonds is 6. The number of hydrogen-bond donors (Lipinski definition) is 0. The van der Waals surface area contributed by atoms with Crippen LogP contribution in [0.15, 0.2) is 78.9 Å². The van der Waals surface area contributed by atoms with E-state index in [0.717, 1.165) is 5.56 Å². The number of nitro groups is 1. The second-order valence-electron chi connectivity index (χ2n) is 6.88. The van der Waals surface area contributed by atoms with E-state index in [2.05, 4.69) is 4.98 Å². The molecule has 0 N–H and O–H groups in total. The molecule has 0 atom stereocenters. The summed E-state index contributed by atoms with van der Waals surface area (Å²) in [7, 11) is 0. The number of nitrogens with zero attached hydrogens (tertiary/aromatic N) is 2. The molecule has 0 saturated carbocycles.